The zero-order valence-electron chi connectivity index (χ0n) is 19.1. The van der Waals surface area contributed by atoms with Crippen molar-refractivity contribution in [3.8, 4) is 11.4 Å². The topological polar surface area (TPSA) is 79.5 Å². The minimum Gasteiger partial charge on any atom is -0.339 e. The molecule has 8 nitrogen and oxygen atoms in total. The number of anilines is 1. The molecule has 0 radical (unpaired) electrons. The van der Waals surface area contributed by atoms with E-state index in [1.807, 2.05) is 67.4 Å². The summed E-state index contributed by atoms with van der Waals surface area (Å²) in [4.78, 5) is 31.8. The van der Waals surface area contributed by atoms with Crippen molar-refractivity contribution in [1.29, 1.82) is 0 Å². The number of fused-ring (bicyclic) bond motifs is 1. The lowest BCUT2D eigenvalue weighted by atomic mass is 10.1. The molecular formula is C25H27N7O. The zero-order chi connectivity index (χ0) is 22.9. The summed E-state index contributed by atoms with van der Waals surface area (Å²) >= 11 is 0. The Kier molecular flexibility index (Phi) is 5.50. The first-order chi connectivity index (χ1) is 16.0. The van der Waals surface area contributed by atoms with E-state index in [-0.39, 0.29) is 11.9 Å². The van der Waals surface area contributed by atoms with E-state index in [1.54, 1.807) is 10.7 Å². The van der Waals surface area contributed by atoms with Gasteiger partial charge in [0.1, 0.15) is 5.69 Å². The van der Waals surface area contributed by atoms with Gasteiger partial charge in [0.25, 0.3) is 5.91 Å². The summed E-state index contributed by atoms with van der Waals surface area (Å²) in [6.07, 6.45) is 4.42. The molecule has 0 aliphatic carbocycles. The number of nitrogens with zero attached hydrogens (tertiary/aromatic N) is 7. The molecule has 5 heterocycles. The molecule has 4 aromatic rings. The average Bonchev–Trinajstić information content (AvgIpc) is 3.09. The molecule has 1 aliphatic rings. The standard InChI is InChI=1S/C25H27N7O/c1-17-16-18(2)28-25(27-17)30-13-10-19(3)31(15-14-30)24(33)22-21-9-5-7-12-32(21)29-23(22)20-8-4-6-11-26-20/h4-9,11-12,16,19H,10,13-15H2,1-3H3/t19-/m1/s1. The Balaban J connectivity index is 1.49. The summed E-state index contributed by atoms with van der Waals surface area (Å²) in [5.41, 5.74) is 4.59. The van der Waals surface area contributed by atoms with Gasteiger partial charge in [-0.25, -0.2) is 14.5 Å². The highest BCUT2D eigenvalue weighted by molar-refractivity contribution is 6.06. The van der Waals surface area contributed by atoms with Crippen molar-refractivity contribution in [2.75, 3.05) is 24.5 Å². The largest absolute Gasteiger partial charge is 0.339 e. The second kappa shape index (κ2) is 8.61. The quantitative estimate of drug-likeness (QED) is 0.484. The Morgan fingerprint density at radius 3 is 2.55 bits per heavy atom. The van der Waals surface area contributed by atoms with Gasteiger partial charge < -0.3 is 9.80 Å². The van der Waals surface area contributed by atoms with Gasteiger partial charge in [-0.1, -0.05) is 12.1 Å². The van der Waals surface area contributed by atoms with Gasteiger partial charge in [0.15, 0.2) is 0 Å². The molecule has 1 atom stereocenters. The fourth-order valence-electron chi connectivity index (χ4n) is 4.44. The van der Waals surface area contributed by atoms with Crippen molar-refractivity contribution in [3.05, 3.63) is 71.8 Å². The lowest BCUT2D eigenvalue weighted by molar-refractivity contribution is 0.0708. The molecule has 0 bridgehead atoms. The highest BCUT2D eigenvalue weighted by Crippen LogP contribution is 2.28. The molecule has 0 spiro atoms. The van der Waals surface area contributed by atoms with Crippen LogP contribution in [0.15, 0.2) is 54.9 Å². The number of amides is 1. The van der Waals surface area contributed by atoms with Crippen LogP contribution in [0.3, 0.4) is 0 Å². The Morgan fingerprint density at radius 2 is 1.79 bits per heavy atom. The molecule has 0 unspecified atom stereocenters. The number of rotatable bonds is 3. The van der Waals surface area contributed by atoms with E-state index in [9.17, 15) is 4.79 Å². The maximum Gasteiger partial charge on any atom is 0.258 e. The predicted molar refractivity (Wildman–Crippen MR) is 127 cm³/mol. The first kappa shape index (κ1) is 21.1. The Hall–Kier alpha value is -3.81. The van der Waals surface area contributed by atoms with Gasteiger partial charge in [-0.05, 0) is 57.5 Å². The third-order valence-electron chi connectivity index (χ3n) is 6.14. The van der Waals surface area contributed by atoms with Crippen molar-refractivity contribution >= 4 is 17.4 Å². The molecule has 33 heavy (non-hydrogen) atoms. The number of aryl methyl sites for hydroxylation is 2. The molecule has 168 valence electrons. The molecule has 0 aromatic carbocycles. The number of hydrogen-bond acceptors (Lipinski definition) is 6. The van der Waals surface area contributed by atoms with E-state index in [2.05, 4.69) is 26.8 Å². The van der Waals surface area contributed by atoms with E-state index >= 15 is 0 Å². The smallest absolute Gasteiger partial charge is 0.258 e. The van der Waals surface area contributed by atoms with Crippen molar-refractivity contribution in [1.82, 2.24) is 29.5 Å². The molecular weight excluding hydrogens is 414 g/mol. The van der Waals surface area contributed by atoms with Crippen molar-refractivity contribution in [2.45, 2.75) is 33.2 Å². The minimum atomic E-state index is -0.0208. The highest BCUT2D eigenvalue weighted by atomic mass is 16.2. The van der Waals surface area contributed by atoms with Crippen LogP contribution in [0.1, 0.15) is 35.1 Å². The maximum atomic E-state index is 14.0. The summed E-state index contributed by atoms with van der Waals surface area (Å²) in [7, 11) is 0. The lowest BCUT2D eigenvalue weighted by Gasteiger charge is -2.27. The third-order valence-corrected chi connectivity index (χ3v) is 6.14. The van der Waals surface area contributed by atoms with Crippen molar-refractivity contribution < 1.29 is 4.79 Å². The van der Waals surface area contributed by atoms with Gasteiger partial charge in [0.05, 0.1) is 16.8 Å². The van der Waals surface area contributed by atoms with E-state index < -0.39 is 0 Å². The van der Waals surface area contributed by atoms with Crippen LogP contribution in [0.25, 0.3) is 16.9 Å². The highest BCUT2D eigenvalue weighted by Gasteiger charge is 2.31. The van der Waals surface area contributed by atoms with Crippen molar-refractivity contribution in [3.63, 3.8) is 0 Å². The van der Waals surface area contributed by atoms with Gasteiger partial charge in [0.2, 0.25) is 5.95 Å². The van der Waals surface area contributed by atoms with Crippen LogP contribution in [0, 0.1) is 13.8 Å². The number of carbonyl (C=O) groups excluding carboxylic acids is 1. The van der Waals surface area contributed by atoms with E-state index in [1.165, 1.54) is 0 Å². The zero-order valence-corrected chi connectivity index (χ0v) is 19.1. The second-order valence-corrected chi connectivity index (χ2v) is 8.54. The summed E-state index contributed by atoms with van der Waals surface area (Å²) in [6, 6.07) is 13.5. The fraction of sp³-hybridized carbons (Fsp3) is 0.320. The Bertz CT molecular complexity index is 1280. The van der Waals surface area contributed by atoms with Gasteiger partial charge >= 0.3 is 0 Å². The number of hydrogen-bond donors (Lipinski definition) is 0. The Labute approximate surface area is 192 Å². The van der Waals surface area contributed by atoms with Gasteiger partial charge in [-0.15, -0.1) is 0 Å². The van der Waals surface area contributed by atoms with Crippen LogP contribution in [0.2, 0.25) is 0 Å². The lowest BCUT2D eigenvalue weighted by Crippen LogP contribution is -2.40. The van der Waals surface area contributed by atoms with Crippen LogP contribution < -0.4 is 4.90 Å². The average molecular weight is 442 g/mol. The molecule has 1 amide bonds. The molecule has 0 saturated carbocycles. The number of pyridine rings is 2. The van der Waals surface area contributed by atoms with Gasteiger partial charge in [-0.2, -0.15) is 5.10 Å². The summed E-state index contributed by atoms with van der Waals surface area (Å²) in [5, 5.41) is 4.71. The van der Waals surface area contributed by atoms with Crippen LogP contribution in [-0.4, -0.2) is 61.0 Å². The molecule has 0 N–H and O–H groups in total. The van der Waals surface area contributed by atoms with E-state index in [0.29, 0.717) is 30.0 Å². The minimum absolute atomic E-state index is 0.0208. The SMILES string of the molecule is Cc1cc(C)nc(N2CC[C@@H](C)N(C(=O)c3c(-c4ccccn4)nn4ccccc34)CC2)n1. The normalized spacial score (nSPS) is 16.8. The molecule has 1 saturated heterocycles. The van der Waals surface area contributed by atoms with Gasteiger partial charge in [-0.3, -0.25) is 9.78 Å². The van der Waals surface area contributed by atoms with Crippen molar-refractivity contribution in [2.24, 2.45) is 0 Å². The Morgan fingerprint density at radius 1 is 1.00 bits per heavy atom. The van der Waals surface area contributed by atoms with E-state index in [0.717, 1.165) is 35.8 Å². The first-order valence-electron chi connectivity index (χ1n) is 11.3. The molecule has 1 fully saturated rings. The fourth-order valence-corrected chi connectivity index (χ4v) is 4.44. The summed E-state index contributed by atoms with van der Waals surface area (Å²) < 4.78 is 1.76. The number of carbonyl (C=O) groups is 1. The predicted octanol–water partition coefficient (Wildman–Crippen LogP) is 3.54. The van der Waals surface area contributed by atoms with Crippen LogP contribution in [0.4, 0.5) is 5.95 Å². The summed E-state index contributed by atoms with van der Waals surface area (Å²) in [6.45, 7) is 8.14. The van der Waals surface area contributed by atoms with Crippen LogP contribution in [-0.2, 0) is 0 Å². The monoisotopic (exact) mass is 441 g/mol. The molecule has 4 aromatic heterocycles. The third kappa shape index (κ3) is 4.04. The first-order valence-corrected chi connectivity index (χ1v) is 11.3. The molecule has 1 aliphatic heterocycles. The van der Waals surface area contributed by atoms with Crippen LogP contribution in [0.5, 0.6) is 0 Å². The maximum absolute atomic E-state index is 14.0. The van der Waals surface area contributed by atoms with Crippen LogP contribution >= 0.6 is 0 Å². The second-order valence-electron chi connectivity index (χ2n) is 8.54. The molecule has 8 heteroatoms. The van der Waals surface area contributed by atoms with E-state index in [4.69, 9.17) is 5.10 Å². The number of aromatic nitrogens is 5. The summed E-state index contributed by atoms with van der Waals surface area (Å²) in [5.74, 6) is 0.715. The molecule has 5 rings (SSSR count). The van der Waals surface area contributed by atoms with Gasteiger partial charge in [0, 0.05) is 49.5 Å².